The van der Waals surface area contributed by atoms with Crippen LogP contribution in [0.2, 0.25) is 0 Å². The van der Waals surface area contributed by atoms with Crippen LogP contribution in [0.4, 0.5) is 5.95 Å². The van der Waals surface area contributed by atoms with Crippen molar-refractivity contribution in [2.24, 2.45) is 5.10 Å². The molecule has 2 aromatic rings. The summed E-state index contributed by atoms with van der Waals surface area (Å²) in [5.74, 6) is 0.651. The number of anilines is 1. The van der Waals surface area contributed by atoms with E-state index < -0.39 is 0 Å². The Hall–Kier alpha value is -2.63. The number of imidazole rings is 1. The Bertz CT molecular complexity index is 644. The molecule has 6 nitrogen and oxygen atoms in total. The molecule has 0 spiro atoms. The van der Waals surface area contributed by atoms with Gasteiger partial charge in [-0.05, 0) is 43.2 Å². The number of hydrogen-bond acceptors (Lipinski definition) is 5. The number of ether oxygens (including phenoxy) is 1. The van der Waals surface area contributed by atoms with Crippen LogP contribution < -0.4 is 10.5 Å². The Balaban J connectivity index is 2.02. The fourth-order valence-corrected chi connectivity index (χ4v) is 1.73. The van der Waals surface area contributed by atoms with Gasteiger partial charge in [0.15, 0.2) is 0 Å². The first-order chi connectivity index (χ1) is 10.1. The quantitative estimate of drug-likeness (QED) is 0.519. The molecule has 6 heteroatoms. The molecule has 0 fully saturated rings. The molecule has 0 amide bonds. The van der Waals surface area contributed by atoms with Crippen molar-refractivity contribution in [2.45, 2.75) is 26.7 Å². The highest BCUT2D eigenvalue weighted by Gasteiger charge is 2.03. The van der Waals surface area contributed by atoms with Crippen LogP contribution in [-0.2, 0) is 4.79 Å². The van der Waals surface area contributed by atoms with Crippen LogP contribution >= 0.6 is 0 Å². The van der Waals surface area contributed by atoms with E-state index in [1.807, 2.05) is 26.0 Å². The number of nitrogens with two attached hydrogens (primary N) is 1. The second kappa shape index (κ2) is 6.69. The smallest absolute Gasteiger partial charge is 0.311 e. The van der Waals surface area contributed by atoms with Gasteiger partial charge >= 0.3 is 5.97 Å². The van der Waals surface area contributed by atoms with Crippen LogP contribution in [0.1, 0.15) is 31.0 Å². The molecule has 0 bridgehead atoms. The maximum absolute atomic E-state index is 11.4. The van der Waals surface area contributed by atoms with Crippen LogP contribution in [0, 0.1) is 6.92 Å². The SMILES string of the molecule is CCCC(=O)Oc1ccc(C=Nn2cc(C)nc2N)cc1. The molecule has 0 aliphatic heterocycles. The lowest BCUT2D eigenvalue weighted by molar-refractivity contribution is -0.134. The minimum atomic E-state index is -0.222. The van der Waals surface area contributed by atoms with E-state index in [1.165, 1.54) is 4.68 Å². The summed E-state index contributed by atoms with van der Waals surface area (Å²) in [7, 11) is 0. The summed E-state index contributed by atoms with van der Waals surface area (Å²) in [5.41, 5.74) is 7.37. The third-order valence-electron chi connectivity index (χ3n) is 2.73. The lowest BCUT2D eigenvalue weighted by Crippen LogP contribution is -2.06. The van der Waals surface area contributed by atoms with Crippen molar-refractivity contribution in [1.29, 1.82) is 0 Å². The fraction of sp³-hybridized carbons (Fsp3) is 0.267. The second-order valence-electron chi connectivity index (χ2n) is 4.62. The Morgan fingerprint density at radius 3 is 2.71 bits per heavy atom. The van der Waals surface area contributed by atoms with E-state index in [0.29, 0.717) is 18.1 Å². The van der Waals surface area contributed by atoms with E-state index in [1.54, 1.807) is 24.5 Å². The normalized spacial score (nSPS) is 11.0. The van der Waals surface area contributed by atoms with Gasteiger partial charge in [-0.2, -0.15) is 5.10 Å². The highest BCUT2D eigenvalue weighted by atomic mass is 16.5. The molecule has 2 N–H and O–H groups in total. The maximum Gasteiger partial charge on any atom is 0.311 e. The van der Waals surface area contributed by atoms with Gasteiger partial charge < -0.3 is 10.5 Å². The third-order valence-corrected chi connectivity index (χ3v) is 2.73. The molecule has 0 radical (unpaired) electrons. The van der Waals surface area contributed by atoms with Crippen LogP contribution in [0.15, 0.2) is 35.6 Å². The van der Waals surface area contributed by atoms with Gasteiger partial charge in [0.25, 0.3) is 0 Å². The molecule has 0 saturated heterocycles. The molecular weight excluding hydrogens is 268 g/mol. The molecular formula is C15H18N4O2. The van der Waals surface area contributed by atoms with Gasteiger partial charge in [0.2, 0.25) is 5.95 Å². The molecule has 0 aliphatic carbocycles. The Kier molecular flexibility index (Phi) is 4.71. The monoisotopic (exact) mass is 286 g/mol. The van der Waals surface area contributed by atoms with Gasteiger partial charge in [-0.25, -0.2) is 9.66 Å². The van der Waals surface area contributed by atoms with Crippen LogP contribution in [0.25, 0.3) is 0 Å². The van der Waals surface area contributed by atoms with Gasteiger partial charge in [-0.3, -0.25) is 4.79 Å². The van der Waals surface area contributed by atoms with Crippen molar-refractivity contribution < 1.29 is 9.53 Å². The number of benzene rings is 1. The van der Waals surface area contributed by atoms with E-state index in [0.717, 1.165) is 17.7 Å². The van der Waals surface area contributed by atoms with Gasteiger partial charge in [0.1, 0.15) is 5.75 Å². The van der Waals surface area contributed by atoms with Crippen molar-refractivity contribution in [1.82, 2.24) is 9.66 Å². The lowest BCUT2D eigenvalue weighted by atomic mass is 10.2. The molecule has 0 aliphatic rings. The van der Waals surface area contributed by atoms with E-state index >= 15 is 0 Å². The number of carbonyl (C=O) groups excluding carboxylic acids is 1. The minimum Gasteiger partial charge on any atom is -0.427 e. The molecule has 0 unspecified atom stereocenters. The number of carbonyl (C=O) groups is 1. The van der Waals surface area contributed by atoms with Gasteiger partial charge in [-0.1, -0.05) is 6.92 Å². The largest absolute Gasteiger partial charge is 0.427 e. The second-order valence-corrected chi connectivity index (χ2v) is 4.62. The average molecular weight is 286 g/mol. The zero-order valence-electron chi connectivity index (χ0n) is 12.1. The zero-order chi connectivity index (χ0) is 15.2. The van der Waals surface area contributed by atoms with E-state index in [-0.39, 0.29) is 5.97 Å². The van der Waals surface area contributed by atoms with Gasteiger partial charge in [-0.15, -0.1) is 0 Å². The summed E-state index contributed by atoms with van der Waals surface area (Å²) in [5, 5.41) is 4.21. The fourth-order valence-electron chi connectivity index (χ4n) is 1.73. The van der Waals surface area contributed by atoms with Crippen molar-refractivity contribution in [3.05, 3.63) is 41.7 Å². The number of esters is 1. The van der Waals surface area contributed by atoms with E-state index in [2.05, 4.69) is 10.1 Å². The summed E-state index contributed by atoms with van der Waals surface area (Å²) in [6, 6.07) is 7.10. The van der Waals surface area contributed by atoms with E-state index in [4.69, 9.17) is 10.5 Å². The molecule has 2 rings (SSSR count). The van der Waals surface area contributed by atoms with Crippen LogP contribution in [-0.4, -0.2) is 21.8 Å². The Morgan fingerprint density at radius 1 is 1.43 bits per heavy atom. The summed E-state index contributed by atoms with van der Waals surface area (Å²) in [6.07, 6.45) is 4.60. The molecule has 1 heterocycles. The summed E-state index contributed by atoms with van der Waals surface area (Å²) in [6.45, 7) is 3.78. The summed E-state index contributed by atoms with van der Waals surface area (Å²) < 4.78 is 6.68. The summed E-state index contributed by atoms with van der Waals surface area (Å²) in [4.78, 5) is 15.4. The Morgan fingerprint density at radius 2 is 2.14 bits per heavy atom. The first-order valence-corrected chi connectivity index (χ1v) is 6.75. The van der Waals surface area contributed by atoms with Crippen LogP contribution in [0.3, 0.4) is 0 Å². The molecule has 21 heavy (non-hydrogen) atoms. The average Bonchev–Trinajstić information content (AvgIpc) is 2.76. The van der Waals surface area contributed by atoms with E-state index in [9.17, 15) is 4.79 Å². The predicted molar refractivity (Wildman–Crippen MR) is 81.4 cm³/mol. The predicted octanol–water partition coefficient (Wildman–Crippen LogP) is 2.36. The summed E-state index contributed by atoms with van der Waals surface area (Å²) >= 11 is 0. The van der Waals surface area contributed by atoms with Gasteiger partial charge in [0, 0.05) is 6.42 Å². The zero-order valence-corrected chi connectivity index (χ0v) is 12.1. The number of nitrogens with zero attached hydrogens (tertiary/aromatic N) is 3. The highest BCUT2D eigenvalue weighted by Crippen LogP contribution is 2.12. The number of aromatic nitrogens is 2. The standard InChI is InChI=1S/C15H18N4O2/c1-3-4-14(20)21-13-7-5-12(6-8-13)9-17-19-10-11(2)18-15(19)16/h5-10H,3-4H2,1-2H3,(H2,16,18). The first-order valence-electron chi connectivity index (χ1n) is 6.75. The van der Waals surface area contributed by atoms with Crippen molar-refractivity contribution >= 4 is 18.1 Å². The molecule has 1 aromatic carbocycles. The van der Waals surface area contributed by atoms with Crippen LogP contribution in [0.5, 0.6) is 5.75 Å². The van der Waals surface area contributed by atoms with Crippen molar-refractivity contribution in [3.8, 4) is 5.75 Å². The third kappa shape index (κ3) is 4.17. The molecule has 0 saturated carbocycles. The molecule has 110 valence electrons. The molecule has 0 atom stereocenters. The van der Waals surface area contributed by atoms with Crippen molar-refractivity contribution in [2.75, 3.05) is 5.73 Å². The maximum atomic E-state index is 11.4. The highest BCUT2D eigenvalue weighted by molar-refractivity contribution is 5.80. The number of nitrogen functional groups attached to an aromatic ring is 1. The Labute approximate surface area is 123 Å². The van der Waals surface area contributed by atoms with Gasteiger partial charge in [0.05, 0.1) is 18.1 Å². The first kappa shape index (κ1) is 14.8. The molecule has 1 aromatic heterocycles. The number of hydrogen-bond donors (Lipinski definition) is 1. The van der Waals surface area contributed by atoms with Crippen molar-refractivity contribution in [3.63, 3.8) is 0 Å². The topological polar surface area (TPSA) is 82.5 Å². The number of aryl methyl sites for hydroxylation is 1. The minimum absolute atomic E-state index is 0.222. The number of rotatable bonds is 5. The lowest BCUT2D eigenvalue weighted by Gasteiger charge is -2.03.